The zero-order valence-corrected chi connectivity index (χ0v) is 12.2. The van der Waals surface area contributed by atoms with Crippen LogP contribution in [0, 0.1) is 12.7 Å². The van der Waals surface area contributed by atoms with Crippen molar-refractivity contribution >= 4 is 15.9 Å². The molecular formula is C15H16BrFN2. The number of hydrogen-bond donors (Lipinski definition) is 2. The lowest BCUT2D eigenvalue weighted by atomic mass is 9.96. The molecule has 0 fully saturated rings. The average molecular weight is 323 g/mol. The molecule has 2 aromatic rings. The van der Waals surface area contributed by atoms with Gasteiger partial charge < -0.3 is 0 Å². The maximum Gasteiger partial charge on any atom is 0.123 e. The highest BCUT2D eigenvalue weighted by atomic mass is 79.9. The molecule has 0 aliphatic carbocycles. The number of hydrogen-bond acceptors (Lipinski definition) is 2. The van der Waals surface area contributed by atoms with Crippen LogP contribution < -0.4 is 11.3 Å². The monoisotopic (exact) mass is 322 g/mol. The minimum atomic E-state index is -0.221. The number of hydrazine groups is 1. The highest BCUT2D eigenvalue weighted by molar-refractivity contribution is 9.10. The van der Waals surface area contributed by atoms with E-state index in [1.165, 1.54) is 17.7 Å². The van der Waals surface area contributed by atoms with E-state index in [4.69, 9.17) is 5.84 Å². The maximum absolute atomic E-state index is 12.9. The highest BCUT2D eigenvalue weighted by Crippen LogP contribution is 2.24. The Hall–Kier alpha value is -1.23. The predicted molar refractivity (Wildman–Crippen MR) is 79.0 cm³/mol. The van der Waals surface area contributed by atoms with Crippen molar-refractivity contribution in [1.82, 2.24) is 5.43 Å². The molecule has 0 radical (unpaired) electrons. The molecular weight excluding hydrogens is 307 g/mol. The average Bonchev–Trinajstić information content (AvgIpc) is 2.39. The van der Waals surface area contributed by atoms with Crippen LogP contribution in [0.3, 0.4) is 0 Å². The van der Waals surface area contributed by atoms with Crippen LogP contribution in [-0.4, -0.2) is 0 Å². The van der Waals surface area contributed by atoms with Gasteiger partial charge in [-0.3, -0.25) is 11.3 Å². The van der Waals surface area contributed by atoms with E-state index in [0.29, 0.717) is 0 Å². The Labute approximate surface area is 120 Å². The minimum Gasteiger partial charge on any atom is -0.271 e. The van der Waals surface area contributed by atoms with Crippen LogP contribution in [0.15, 0.2) is 46.9 Å². The lowest BCUT2D eigenvalue weighted by molar-refractivity contribution is 0.548. The molecule has 2 rings (SSSR count). The third-order valence-electron chi connectivity index (χ3n) is 3.16. The van der Waals surface area contributed by atoms with Crippen LogP contribution in [0.4, 0.5) is 4.39 Å². The van der Waals surface area contributed by atoms with E-state index >= 15 is 0 Å². The topological polar surface area (TPSA) is 38.0 Å². The molecule has 0 amide bonds. The first kappa shape index (κ1) is 14.2. The molecule has 0 bridgehead atoms. The van der Waals surface area contributed by atoms with E-state index in [1.54, 1.807) is 12.1 Å². The summed E-state index contributed by atoms with van der Waals surface area (Å²) in [5.41, 5.74) is 6.19. The zero-order valence-electron chi connectivity index (χ0n) is 10.7. The van der Waals surface area contributed by atoms with Crippen LogP contribution in [0.2, 0.25) is 0 Å². The molecule has 0 spiro atoms. The van der Waals surface area contributed by atoms with Crippen LogP contribution in [0.5, 0.6) is 0 Å². The summed E-state index contributed by atoms with van der Waals surface area (Å²) in [6.45, 7) is 2.05. The van der Waals surface area contributed by atoms with E-state index < -0.39 is 0 Å². The van der Waals surface area contributed by atoms with Crippen molar-refractivity contribution in [2.45, 2.75) is 19.4 Å². The predicted octanol–water partition coefficient (Wildman–Crippen LogP) is 3.64. The standard InChI is InChI=1S/C15H16BrFN2/c1-10-8-12(16)4-7-14(10)15(19-18)9-11-2-5-13(17)6-3-11/h2-8,15,19H,9,18H2,1H3. The minimum absolute atomic E-state index is 0.0126. The third kappa shape index (κ3) is 3.62. The molecule has 19 heavy (non-hydrogen) atoms. The summed E-state index contributed by atoms with van der Waals surface area (Å²) in [5, 5.41) is 0. The molecule has 4 heteroatoms. The smallest absolute Gasteiger partial charge is 0.123 e. The van der Waals surface area contributed by atoms with Gasteiger partial charge in [-0.2, -0.15) is 0 Å². The largest absolute Gasteiger partial charge is 0.271 e. The van der Waals surface area contributed by atoms with Gasteiger partial charge in [-0.15, -0.1) is 0 Å². The van der Waals surface area contributed by atoms with Gasteiger partial charge in [-0.25, -0.2) is 4.39 Å². The van der Waals surface area contributed by atoms with Crippen LogP contribution in [-0.2, 0) is 6.42 Å². The Kier molecular flexibility index (Phi) is 4.69. The van der Waals surface area contributed by atoms with Crippen LogP contribution >= 0.6 is 15.9 Å². The van der Waals surface area contributed by atoms with Crippen LogP contribution in [0.25, 0.3) is 0 Å². The number of benzene rings is 2. The van der Waals surface area contributed by atoms with E-state index in [2.05, 4.69) is 34.3 Å². The second-order valence-electron chi connectivity index (χ2n) is 4.55. The van der Waals surface area contributed by atoms with Crippen molar-refractivity contribution in [2.24, 2.45) is 5.84 Å². The number of rotatable bonds is 4. The summed E-state index contributed by atoms with van der Waals surface area (Å²) in [5.74, 6) is 5.43. The molecule has 0 heterocycles. The Morgan fingerprint density at radius 2 is 1.89 bits per heavy atom. The Morgan fingerprint density at radius 1 is 1.21 bits per heavy atom. The summed E-state index contributed by atoms with van der Waals surface area (Å²) >= 11 is 3.45. The fourth-order valence-electron chi connectivity index (χ4n) is 2.14. The van der Waals surface area contributed by atoms with Crippen molar-refractivity contribution in [3.05, 3.63) is 69.4 Å². The van der Waals surface area contributed by atoms with Gasteiger partial charge in [-0.05, 0) is 54.3 Å². The number of nitrogens with two attached hydrogens (primary N) is 1. The number of nitrogens with one attached hydrogen (secondary N) is 1. The lowest BCUT2D eigenvalue weighted by Crippen LogP contribution is -2.30. The van der Waals surface area contributed by atoms with Crippen molar-refractivity contribution in [2.75, 3.05) is 0 Å². The summed E-state index contributed by atoms with van der Waals surface area (Å²) in [4.78, 5) is 0. The fraction of sp³-hybridized carbons (Fsp3) is 0.200. The molecule has 0 aliphatic heterocycles. The zero-order chi connectivity index (χ0) is 13.8. The van der Waals surface area contributed by atoms with E-state index in [0.717, 1.165) is 22.0 Å². The summed E-state index contributed by atoms with van der Waals surface area (Å²) in [6.07, 6.45) is 0.721. The van der Waals surface area contributed by atoms with Gasteiger partial charge in [0, 0.05) is 4.47 Å². The molecule has 1 unspecified atom stereocenters. The first-order chi connectivity index (χ1) is 9.10. The third-order valence-corrected chi connectivity index (χ3v) is 3.65. The summed E-state index contributed by atoms with van der Waals surface area (Å²) in [7, 11) is 0. The van der Waals surface area contributed by atoms with Gasteiger partial charge in [-0.1, -0.05) is 34.1 Å². The molecule has 100 valence electrons. The van der Waals surface area contributed by atoms with E-state index in [-0.39, 0.29) is 11.9 Å². The summed E-state index contributed by atoms with van der Waals surface area (Å²) in [6, 6.07) is 12.6. The van der Waals surface area contributed by atoms with Gasteiger partial charge in [0.05, 0.1) is 6.04 Å². The number of halogens is 2. The van der Waals surface area contributed by atoms with E-state index in [9.17, 15) is 4.39 Å². The van der Waals surface area contributed by atoms with Gasteiger partial charge >= 0.3 is 0 Å². The van der Waals surface area contributed by atoms with Gasteiger partial charge in [0.25, 0.3) is 0 Å². The number of aryl methyl sites for hydroxylation is 1. The first-order valence-corrected chi connectivity index (χ1v) is 6.86. The Bertz CT molecular complexity index is 555. The molecule has 0 aromatic heterocycles. The lowest BCUT2D eigenvalue weighted by Gasteiger charge is -2.19. The van der Waals surface area contributed by atoms with Crippen molar-refractivity contribution in [3.63, 3.8) is 0 Å². The second kappa shape index (κ2) is 6.28. The van der Waals surface area contributed by atoms with Gasteiger partial charge in [0.1, 0.15) is 5.82 Å². The molecule has 0 saturated carbocycles. The normalized spacial score (nSPS) is 12.4. The quantitative estimate of drug-likeness (QED) is 0.666. The molecule has 0 aliphatic rings. The van der Waals surface area contributed by atoms with Crippen LogP contribution in [0.1, 0.15) is 22.7 Å². The van der Waals surface area contributed by atoms with E-state index in [1.807, 2.05) is 12.1 Å². The highest BCUT2D eigenvalue weighted by Gasteiger charge is 2.13. The molecule has 3 N–H and O–H groups in total. The fourth-order valence-corrected chi connectivity index (χ4v) is 2.62. The maximum atomic E-state index is 12.9. The van der Waals surface area contributed by atoms with Crippen molar-refractivity contribution in [3.8, 4) is 0 Å². The molecule has 2 aromatic carbocycles. The molecule has 2 nitrogen and oxygen atoms in total. The Morgan fingerprint density at radius 3 is 2.47 bits per heavy atom. The molecule has 0 saturated heterocycles. The molecule has 1 atom stereocenters. The SMILES string of the molecule is Cc1cc(Br)ccc1C(Cc1ccc(F)cc1)NN. The summed E-state index contributed by atoms with van der Waals surface area (Å²) < 4.78 is 13.9. The van der Waals surface area contributed by atoms with Crippen molar-refractivity contribution in [1.29, 1.82) is 0 Å². The Balaban J connectivity index is 2.22. The van der Waals surface area contributed by atoms with Gasteiger partial charge in [0.2, 0.25) is 0 Å². The van der Waals surface area contributed by atoms with Crippen molar-refractivity contribution < 1.29 is 4.39 Å². The first-order valence-electron chi connectivity index (χ1n) is 6.07. The second-order valence-corrected chi connectivity index (χ2v) is 5.47. The van der Waals surface area contributed by atoms with Gasteiger partial charge in [0.15, 0.2) is 0 Å².